The Bertz CT molecular complexity index is 806. The SMILES string of the molecule is O=C(NCCC(=O)N1CCC(NCC2CC2)CC1)c1n[nH]c2ccccc12. The highest BCUT2D eigenvalue weighted by atomic mass is 16.2. The van der Waals surface area contributed by atoms with Crippen LogP contribution in [0.4, 0.5) is 0 Å². The van der Waals surface area contributed by atoms with Gasteiger partial charge in [0.1, 0.15) is 0 Å². The van der Waals surface area contributed by atoms with Crippen molar-refractivity contribution >= 4 is 22.7 Å². The third-order valence-electron chi connectivity index (χ3n) is 5.55. The van der Waals surface area contributed by atoms with Crippen molar-refractivity contribution < 1.29 is 9.59 Å². The number of fused-ring (bicyclic) bond motifs is 1. The number of para-hydroxylation sites is 1. The van der Waals surface area contributed by atoms with Gasteiger partial charge in [-0.3, -0.25) is 14.7 Å². The standard InChI is InChI=1S/C20H27N5O2/c26-18(25-11-8-15(9-12-25)22-13-14-5-6-14)7-10-21-20(27)19-16-3-1-2-4-17(16)23-24-19/h1-4,14-15,22H,5-13H2,(H,21,27)(H,23,24). The van der Waals surface area contributed by atoms with Crippen LogP contribution in [0, 0.1) is 5.92 Å². The molecule has 2 amide bonds. The summed E-state index contributed by atoms with van der Waals surface area (Å²) >= 11 is 0. The Labute approximate surface area is 158 Å². The van der Waals surface area contributed by atoms with Crippen LogP contribution < -0.4 is 10.6 Å². The van der Waals surface area contributed by atoms with Gasteiger partial charge in [0.15, 0.2) is 5.69 Å². The second-order valence-corrected chi connectivity index (χ2v) is 7.63. The summed E-state index contributed by atoms with van der Waals surface area (Å²) in [7, 11) is 0. The van der Waals surface area contributed by atoms with Gasteiger partial charge in [0.2, 0.25) is 5.91 Å². The largest absolute Gasteiger partial charge is 0.350 e. The Morgan fingerprint density at radius 1 is 1.15 bits per heavy atom. The summed E-state index contributed by atoms with van der Waals surface area (Å²) in [6.45, 7) is 3.07. The van der Waals surface area contributed by atoms with Gasteiger partial charge in [-0.15, -0.1) is 0 Å². The van der Waals surface area contributed by atoms with Crippen LogP contribution in [-0.2, 0) is 4.79 Å². The Hall–Kier alpha value is -2.41. The van der Waals surface area contributed by atoms with Crippen LogP contribution in [0.2, 0.25) is 0 Å². The topological polar surface area (TPSA) is 90.1 Å². The summed E-state index contributed by atoms with van der Waals surface area (Å²) in [5.41, 5.74) is 1.21. The molecule has 7 nitrogen and oxygen atoms in total. The average molecular weight is 369 g/mol. The average Bonchev–Trinajstić information content (AvgIpc) is 3.43. The van der Waals surface area contributed by atoms with E-state index >= 15 is 0 Å². The highest BCUT2D eigenvalue weighted by molar-refractivity contribution is 6.04. The van der Waals surface area contributed by atoms with Crippen LogP contribution in [-0.4, -0.2) is 59.1 Å². The maximum absolute atomic E-state index is 12.4. The zero-order chi connectivity index (χ0) is 18.6. The monoisotopic (exact) mass is 369 g/mol. The fourth-order valence-electron chi connectivity index (χ4n) is 3.65. The number of aromatic amines is 1. The minimum atomic E-state index is -0.247. The van der Waals surface area contributed by atoms with Crippen LogP contribution >= 0.6 is 0 Å². The summed E-state index contributed by atoms with van der Waals surface area (Å²) < 4.78 is 0. The van der Waals surface area contributed by atoms with E-state index in [9.17, 15) is 9.59 Å². The molecule has 0 radical (unpaired) electrons. The van der Waals surface area contributed by atoms with Crippen molar-refractivity contribution in [2.45, 2.75) is 38.1 Å². The fourth-order valence-corrected chi connectivity index (χ4v) is 3.65. The minimum Gasteiger partial charge on any atom is -0.350 e. The predicted molar refractivity (Wildman–Crippen MR) is 103 cm³/mol. The quantitative estimate of drug-likeness (QED) is 0.693. The highest BCUT2D eigenvalue weighted by Gasteiger charge is 2.26. The van der Waals surface area contributed by atoms with Gasteiger partial charge in [0, 0.05) is 37.5 Å². The van der Waals surface area contributed by atoms with Gasteiger partial charge in [-0.1, -0.05) is 18.2 Å². The van der Waals surface area contributed by atoms with Gasteiger partial charge >= 0.3 is 0 Å². The zero-order valence-corrected chi connectivity index (χ0v) is 15.5. The Balaban J connectivity index is 1.19. The number of carbonyl (C=O) groups is 2. The molecular formula is C20H27N5O2. The number of piperidine rings is 1. The van der Waals surface area contributed by atoms with Crippen molar-refractivity contribution in [3.63, 3.8) is 0 Å². The summed E-state index contributed by atoms with van der Waals surface area (Å²) in [6.07, 6.45) is 5.09. The zero-order valence-electron chi connectivity index (χ0n) is 15.5. The van der Waals surface area contributed by atoms with Crippen molar-refractivity contribution in [1.29, 1.82) is 0 Å². The Kier molecular flexibility index (Phi) is 5.38. The van der Waals surface area contributed by atoms with E-state index in [0.717, 1.165) is 49.3 Å². The molecule has 0 unspecified atom stereocenters. The van der Waals surface area contributed by atoms with Crippen molar-refractivity contribution in [2.75, 3.05) is 26.2 Å². The van der Waals surface area contributed by atoms with Gasteiger partial charge in [-0.2, -0.15) is 5.10 Å². The second-order valence-electron chi connectivity index (χ2n) is 7.63. The molecule has 27 heavy (non-hydrogen) atoms. The molecular weight excluding hydrogens is 342 g/mol. The van der Waals surface area contributed by atoms with Gasteiger partial charge < -0.3 is 15.5 Å². The molecule has 1 saturated heterocycles. The number of aromatic nitrogens is 2. The molecule has 1 saturated carbocycles. The maximum atomic E-state index is 12.4. The highest BCUT2D eigenvalue weighted by Crippen LogP contribution is 2.28. The van der Waals surface area contributed by atoms with Crippen molar-refractivity contribution in [3.05, 3.63) is 30.0 Å². The molecule has 0 bridgehead atoms. The van der Waals surface area contributed by atoms with E-state index in [0.29, 0.717) is 24.7 Å². The molecule has 1 aromatic carbocycles. The molecule has 1 aliphatic heterocycles. The van der Waals surface area contributed by atoms with E-state index in [1.165, 1.54) is 12.8 Å². The first kappa shape index (κ1) is 18.0. The molecule has 7 heteroatoms. The molecule has 0 atom stereocenters. The van der Waals surface area contributed by atoms with Gasteiger partial charge in [0.05, 0.1) is 5.52 Å². The number of benzene rings is 1. The van der Waals surface area contributed by atoms with Crippen LogP contribution in [0.25, 0.3) is 10.9 Å². The second kappa shape index (κ2) is 8.08. The number of carbonyl (C=O) groups excluding carboxylic acids is 2. The van der Waals surface area contributed by atoms with Crippen LogP contribution in [0.3, 0.4) is 0 Å². The van der Waals surface area contributed by atoms with E-state index in [1.54, 1.807) is 0 Å². The first-order chi connectivity index (χ1) is 13.2. The van der Waals surface area contributed by atoms with E-state index in [-0.39, 0.29) is 11.8 Å². The number of likely N-dealkylation sites (tertiary alicyclic amines) is 1. The number of nitrogens with one attached hydrogen (secondary N) is 3. The number of amides is 2. The minimum absolute atomic E-state index is 0.114. The molecule has 144 valence electrons. The normalized spacial score (nSPS) is 18.0. The molecule has 2 heterocycles. The number of hydrogen-bond acceptors (Lipinski definition) is 4. The number of nitrogens with zero attached hydrogens (tertiary/aromatic N) is 2. The van der Waals surface area contributed by atoms with Gasteiger partial charge in [0.25, 0.3) is 5.91 Å². The number of rotatable bonds is 7. The molecule has 0 spiro atoms. The van der Waals surface area contributed by atoms with Gasteiger partial charge in [-0.05, 0) is 44.2 Å². The lowest BCUT2D eigenvalue weighted by molar-refractivity contribution is -0.132. The third-order valence-corrected chi connectivity index (χ3v) is 5.55. The van der Waals surface area contributed by atoms with Crippen LogP contribution in [0.5, 0.6) is 0 Å². The Morgan fingerprint density at radius 2 is 1.93 bits per heavy atom. The summed E-state index contributed by atoms with van der Waals surface area (Å²) in [5.74, 6) is 0.756. The van der Waals surface area contributed by atoms with Crippen molar-refractivity contribution in [3.8, 4) is 0 Å². The predicted octanol–water partition coefficient (Wildman–Crippen LogP) is 1.67. The lowest BCUT2D eigenvalue weighted by atomic mass is 10.0. The number of H-pyrrole nitrogens is 1. The van der Waals surface area contributed by atoms with Gasteiger partial charge in [-0.25, -0.2) is 0 Å². The smallest absolute Gasteiger partial charge is 0.272 e. The summed E-state index contributed by atoms with van der Waals surface area (Å²) in [4.78, 5) is 26.6. The molecule has 2 fully saturated rings. The lowest BCUT2D eigenvalue weighted by Crippen LogP contribution is -2.46. The van der Waals surface area contributed by atoms with E-state index < -0.39 is 0 Å². The van der Waals surface area contributed by atoms with Crippen LogP contribution in [0.15, 0.2) is 24.3 Å². The first-order valence-corrected chi connectivity index (χ1v) is 9.93. The molecule has 1 aromatic heterocycles. The summed E-state index contributed by atoms with van der Waals surface area (Å²) in [6, 6.07) is 8.06. The van der Waals surface area contributed by atoms with E-state index in [1.807, 2.05) is 29.2 Å². The fraction of sp³-hybridized carbons (Fsp3) is 0.550. The molecule has 1 aliphatic carbocycles. The molecule has 2 aliphatic rings. The molecule has 3 N–H and O–H groups in total. The molecule has 4 rings (SSSR count). The maximum Gasteiger partial charge on any atom is 0.272 e. The number of hydrogen-bond donors (Lipinski definition) is 3. The van der Waals surface area contributed by atoms with Crippen molar-refractivity contribution in [2.24, 2.45) is 5.92 Å². The summed E-state index contributed by atoms with van der Waals surface area (Å²) in [5, 5.41) is 14.2. The third kappa shape index (κ3) is 4.47. The van der Waals surface area contributed by atoms with Crippen LogP contribution in [0.1, 0.15) is 42.6 Å². The first-order valence-electron chi connectivity index (χ1n) is 9.93. The lowest BCUT2D eigenvalue weighted by Gasteiger charge is -2.32. The van der Waals surface area contributed by atoms with E-state index in [2.05, 4.69) is 20.8 Å². The van der Waals surface area contributed by atoms with E-state index in [4.69, 9.17) is 0 Å². The van der Waals surface area contributed by atoms with Crippen molar-refractivity contribution in [1.82, 2.24) is 25.7 Å². The molecule has 2 aromatic rings. The Morgan fingerprint density at radius 3 is 2.70 bits per heavy atom.